The number of carbonyl (C=O) groups excluding carboxylic acids is 2. The predicted molar refractivity (Wildman–Crippen MR) is 217 cm³/mol. The number of halogens is 4. The lowest BCUT2D eigenvalue weighted by atomic mass is 10.0. The molecule has 0 N–H and O–H groups in total. The Morgan fingerprint density at radius 3 is 1.28 bits per heavy atom. The lowest BCUT2D eigenvalue weighted by Gasteiger charge is -2.01. The van der Waals surface area contributed by atoms with E-state index >= 15 is 0 Å². The highest BCUT2D eigenvalue weighted by molar-refractivity contribution is 7.40. The number of thiophene rings is 4. The van der Waals surface area contributed by atoms with Gasteiger partial charge in [-0.15, -0.1) is 45.3 Å². The van der Waals surface area contributed by atoms with Gasteiger partial charge in [0.1, 0.15) is 21.4 Å². The fraction of sp³-hybridized carbons (Fsp3) is 0.0500. The Hall–Kier alpha value is -7.06. The summed E-state index contributed by atoms with van der Waals surface area (Å²) in [5.74, 6) is -6.36. The largest absolute Gasteiger partial charge is 0.341 e. The van der Waals surface area contributed by atoms with E-state index in [1.54, 1.807) is 46.9 Å². The number of Topliss-reactive ketones (excluding diaryl/α,β-unsaturated/α-hetero) is 2. The topological polar surface area (TPSA) is 125 Å². The number of aliphatic imine (C=N–C) groups is 2. The smallest absolute Gasteiger partial charge is 0.271 e. The van der Waals surface area contributed by atoms with Crippen LogP contribution in [-0.4, -0.2) is 32.1 Å². The molecule has 0 atom stereocenters. The van der Waals surface area contributed by atoms with Crippen LogP contribution < -0.4 is 0 Å². The molecule has 0 unspecified atom stereocenters. The number of rotatable bonds is 2. The number of fused-ring (bicyclic) bond motifs is 11. The van der Waals surface area contributed by atoms with E-state index < -0.39 is 46.2 Å². The second kappa shape index (κ2) is 12.2. The van der Waals surface area contributed by atoms with E-state index in [1.807, 2.05) is 23.2 Å². The minimum absolute atomic E-state index is 0.0657. The molecule has 0 radical (unpaired) electrons. The Labute approximate surface area is 337 Å². The van der Waals surface area contributed by atoms with Crippen LogP contribution in [0.5, 0.6) is 0 Å². The molecule has 0 saturated carbocycles. The fourth-order valence-corrected chi connectivity index (χ4v) is 13.0. The van der Waals surface area contributed by atoms with Gasteiger partial charge in [-0.05, 0) is 47.5 Å². The molecule has 10 rings (SSSR count). The van der Waals surface area contributed by atoms with Crippen LogP contribution in [0.1, 0.15) is 31.8 Å². The zero-order chi connectivity index (χ0) is 40.6. The number of benzene rings is 2. The highest BCUT2D eigenvalue weighted by atomic mass is 32.1. The van der Waals surface area contributed by atoms with Crippen LogP contribution in [0, 0.1) is 59.1 Å². The minimum Gasteiger partial charge on any atom is -0.341 e. The highest BCUT2D eigenvalue weighted by Crippen LogP contribution is 2.53. The lowest BCUT2D eigenvalue weighted by Crippen LogP contribution is -2.07. The first-order chi connectivity index (χ1) is 27.9. The molecule has 0 amide bonds. The van der Waals surface area contributed by atoms with E-state index in [4.69, 9.17) is 13.1 Å². The van der Waals surface area contributed by atoms with Crippen LogP contribution in [0.2, 0.25) is 0 Å². The van der Waals surface area contributed by atoms with Gasteiger partial charge < -0.3 is 9.13 Å². The van der Waals surface area contributed by atoms with Crippen molar-refractivity contribution in [1.82, 2.24) is 9.13 Å². The summed E-state index contributed by atoms with van der Waals surface area (Å²) in [5.41, 5.74) is 1.34. The number of carbonyl (C=O) groups is 2. The lowest BCUT2D eigenvalue weighted by molar-refractivity contribution is 0.106. The van der Waals surface area contributed by atoms with Crippen molar-refractivity contribution in [3.8, 4) is 12.1 Å². The van der Waals surface area contributed by atoms with Gasteiger partial charge >= 0.3 is 0 Å². The molecule has 0 fully saturated rings. The van der Waals surface area contributed by atoms with E-state index in [9.17, 15) is 37.7 Å². The molecule has 0 saturated heterocycles. The van der Waals surface area contributed by atoms with Gasteiger partial charge in [-0.2, -0.15) is 0 Å². The van der Waals surface area contributed by atoms with Crippen LogP contribution in [-0.2, 0) is 14.1 Å². The average molecular weight is 841 g/mol. The summed E-state index contributed by atoms with van der Waals surface area (Å²) in [6.45, 7) is 15.0. The number of aryl methyl sites for hydroxylation is 2. The molecular formula is C40H12F4N8O2S4. The number of hydrogen-bond donors (Lipinski definition) is 0. The molecule has 0 bridgehead atoms. The number of nitrogens with zero attached hydrogens (tertiary/aromatic N) is 8. The van der Waals surface area contributed by atoms with Crippen LogP contribution in [0.4, 0.5) is 27.6 Å². The minimum atomic E-state index is -1.24. The molecule has 10 nitrogen and oxygen atoms in total. The average Bonchev–Trinajstić information content (AvgIpc) is 4.07. The zero-order valence-electron chi connectivity index (χ0n) is 29.0. The Morgan fingerprint density at radius 1 is 0.586 bits per heavy atom. The van der Waals surface area contributed by atoms with E-state index in [-0.39, 0.29) is 44.8 Å². The van der Waals surface area contributed by atoms with Crippen LogP contribution in [0.15, 0.2) is 57.8 Å². The van der Waals surface area contributed by atoms with Crippen LogP contribution in [0.3, 0.4) is 0 Å². The number of hydrogen-bond acceptors (Lipinski definition) is 10. The van der Waals surface area contributed by atoms with Crippen LogP contribution >= 0.6 is 45.3 Å². The van der Waals surface area contributed by atoms with E-state index in [0.29, 0.717) is 10.0 Å². The van der Waals surface area contributed by atoms with Crippen molar-refractivity contribution in [2.24, 2.45) is 24.1 Å². The number of ketones is 2. The summed E-state index contributed by atoms with van der Waals surface area (Å²) in [5, 5.41) is 20.1. The molecule has 2 aliphatic rings. The quantitative estimate of drug-likeness (QED) is 0.0976. The van der Waals surface area contributed by atoms with Gasteiger partial charge in [-0.1, -0.05) is 0 Å². The Kier molecular flexibility index (Phi) is 7.45. The number of aromatic nitrogens is 2. The van der Waals surface area contributed by atoms with Gasteiger partial charge in [0.05, 0.1) is 75.5 Å². The third-order valence-electron chi connectivity index (χ3n) is 10.1. The van der Waals surface area contributed by atoms with Crippen molar-refractivity contribution in [3.05, 3.63) is 116 Å². The Bertz CT molecular complexity index is 3410. The summed E-state index contributed by atoms with van der Waals surface area (Å²) < 4.78 is 66.7. The summed E-state index contributed by atoms with van der Waals surface area (Å²) in [6.07, 6.45) is 0. The fourth-order valence-electron chi connectivity index (χ4n) is 7.55. The maximum Gasteiger partial charge on any atom is 0.271 e. The summed E-state index contributed by atoms with van der Waals surface area (Å²) in [7, 11) is 3.80. The zero-order valence-corrected chi connectivity index (χ0v) is 32.3. The van der Waals surface area contributed by atoms with Gasteiger partial charge in [-0.25, -0.2) is 47.8 Å². The Morgan fingerprint density at radius 2 is 0.931 bits per heavy atom. The summed E-state index contributed by atoms with van der Waals surface area (Å²) in [6, 6.07) is 10.2. The second-order valence-electron chi connectivity index (χ2n) is 13.0. The highest BCUT2D eigenvalue weighted by Gasteiger charge is 2.37. The van der Waals surface area contributed by atoms with E-state index in [0.717, 1.165) is 74.5 Å². The molecule has 2 aromatic carbocycles. The molecule has 8 aromatic rings. The first-order valence-corrected chi connectivity index (χ1v) is 19.8. The summed E-state index contributed by atoms with van der Waals surface area (Å²) in [4.78, 5) is 42.5. The molecule has 6 heterocycles. The second-order valence-corrected chi connectivity index (χ2v) is 17.1. The summed E-state index contributed by atoms with van der Waals surface area (Å²) >= 11 is 5.74. The number of nitriles is 2. The standard InChI is InChI=1S/C40H12F4N8O2S4/c1-47-21(11-45)27-13-5-17(41)19(43)7-15(13)33(53)29(27)49-25-9-23-35(55-25)37-31(51(23)3)39-40(57-37)32-38(58-39)36-24(52(32)4)10-26(56-36)50-30-28(22(12-46)48-2)14-6-18(42)20(44)8-16(14)34(30)54/h5-10H,3-4H3/b27-21+,28-22?,49-29?,50-30?. The Balaban J connectivity index is 1.09. The third-order valence-corrected chi connectivity index (χ3v) is 15.0. The maximum absolute atomic E-state index is 14.3. The molecule has 276 valence electrons. The first kappa shape index (κ1) is 35.4. The van der Waals surface area contributed by atoms with Crippen molar-refractivity contribution in [1.29, 1.82) is 10.5 Å². The van der Waals surface area contributed by atoms with Crippen molar-refractivity contribution in [3.63, 3.8) is 0 Å². The first-order valence-electron chi connectivity index (χ1n) is 16.5. The van der Waals surface area contributed by atoms with Crippen LogP contribution in [0.25, 0.3) is 71.1 Å². The molecule has 58 heavy (non-hydrogen) atoms. The number of allylic oxidation sites excluding steroid dienone is 4. The maximum atomic E-state index is 14.3. The van der Waals surface area contributed by atoms with Gasteiger partial charge in [0.15, 0.2) is 23.3 Å². The predicted octanol–water partition coefficient (Wildman–Crippen LogP) is 11.2. The van der Waals surface area contributed by atoms with Gasteiger partial charge in [0, 0.05) is 36.4 Å². The molecule has 18 heteroatoms. The molecule has 6 aromatic heterocycles. The monoisotopic (exact) mass is 840 g/mol. The van der Waals surface area contributed by atoms with Crippen molar-refractivity contribution >= 4 is 140 Å². The van der Waals surface area contributed by atoms with Gasteiger partial charge in [-0.3, -0.25) is 9.59 Å². The van der Waals surface area contributed by atoms with Gasteiger partial charge in [0.25, 0.3) is 11.4 Å². The molecule has 2 aliphatic carbocycles. The van der Waals surface area contributed by atoms with E-state index in [1.165, 1.54) is 22.7 Å². The SMILES string of the molecule is [C-]#[N+]C(C#N)=C1C(=Nc2cc3c(s2)c2sc4c(sc5c6sc(N=C7C(=O)c8cc(F)c(F)cc8/C7=C(/C#N)[N+]#[C-])cc6n(C)c54)c2n3C)C(=O)c2cc(F)c(F)cc21. The third kappa shape index (κ3) is 4.57. The van der Waals surface area contributed by atoms with E-state index in [2.05, 4.69) is 19.7 Å². The van der Waals surface area contributed by atoms with Crippen molar-refractivity contribution < 1.29 is 27.2 Å². The normalized spacial score (nSPS) is 16.9. The molecule has 0 aliphatic heterocycles. The van der Waals surface area contributed by atoms with Crippen molar-refractivity contribution in [2.45, 2.75) is 0 Å². The molecule has 0 spiro atoms. The molecular weight excluding hydrogens is 829 g/mol. The van der Waals surface area contributed by atoms with Crippen molar-refractivity contribution in [2.75, 3.05) is 0 Å². The van der Waals surface area contributed by atoms with Gasteiger partial charge in [0.2, 0.25) is 11.6 Å².